The van der Waals surface area contributed by atoms with Gasteiger partial charge in [-0.25, -0.2) is 4.79 Å². The van der Waals surface area contributed by atoms with Crippen LogP contribution in [0.15, 0.2) is 23.0 Å². The van der Waals surface area contributed by atoms with Crippen LogP contribution in [-0.2, 0) is 14.1 Å². The van der Waals surface area contributed by atoms with Crippen molar-refractivity contribution in [1.29, 1.82) is 0 Å². The summed E-state index contributed by atoms with van der Waals surface area (Å²) in [5, 5.41) is 0. The molecular formula is C13H16N2O2. The van der Waals surface area contributed by atoms with E-state index in [1.54, 1.807) is 35.4 Å². The number of rotatable bonds is 2. The summed E-state index contributed by atoms with van der Waals surface area (Å²) in [7, 11) is 3.45. The standard InChI is InChI=1S/C13H16N2O2/c1-8(2)12(16)9-5-6-10-11(7-9)15(4)13(17)14(10)3/h5-8H,1-4H3. The van der Waals surface area contributed by atoms with Gasteiger partial charge in [-0.05, 0) is 18.2 Å². The highest BCUT2D eigenvalue weighted by Gasteiger charge is 2.13. The van der Waals surface area contributed by atoms with E-state index in [4.69, 9.17) is 0 Å². The van der Waals surface area contributed by atoms with Crippen molar-refractivity contribution < 1.29 is 4.79 Å². The van der Waals surface area contributed by atoms with E-state index in [9.17, 15) is 9.59 Å². The summed E-state index contributed by atoms with van der Waals surface area (Å²) in [6.07, 6.45) is 0. The molecule has 2 aromatic rings. The third kappa shape index (κ3) is 1.69. The summed E-state index contributed by atoms with van der Waals surface area (Å²) >= 11 is 0. The second-order valence-corrected chi connectivity index (χ2v) is 4.62. The van der Waals surface area contributed by atoms with E-state index in [1.807, 2.05) is 19.9 Å². The number of hydrogen-bond acceptors (Lipinski definition) is 2. The summed E-state index contributed by atoms with van der Waals surface area (Å²) in [4.78, 5) is 23.6. The topological polar surface area (TPSA) is 44.0 Å². The number of carbonyl (C=O) groups excluding carboxylic acids is 1. The molecule has 0 aliphatic rings. The molecule has 4 heteroatoms. The number of Topliss-reactive ketones (excluding diaryl/α,β-unsaturated/α-hetero) is 1. The van der Waals surface area contributed by atoms with Gasteiger partial charge in [0.15, 0.2) is 5.78 Å². The molecule has 0 radical (unpaired) electrons. The predicted octanol–water partition coefficient (Wildman–Crippen LogP) is 1.72. The summed E-state index contributed by atoms with van der Waals surface area (Å²) < 4.78 is 3.14. The number of benzene rings is 1. The van der Waals surface area contributed by atoms with Crippen LogP contribution < -0.4 is 5.69 Å². The highest BCUT2D eigenvalue weighted by atomic mass is 16.1. The van der Waals surface area contributed by atoms with Gasteiger partial charge in [-0.1, -0.05) is 13.8 Å². The highest BCUT2D eigenvalue weighted by Crippen LogP contribution is 2.16. The highest BCUT2D eigenvalue weighted by molar-refractivity contribution is 6.00. The van der Waals surface area contributed by atoms with Gasteiger partial charge in [0.05, 0.1) is 11.0 Å². The number of fused-ring (bicyclic) bond motifs is 1. The van der Waals surface area contributed by atoms with E-state index in [1.165, 1.54) is 0 Å². The minimum atomic E-state index is -0.0749. The Bertz CT molecular complexity index is 647. The first-order valence-electron chi connectivity index (χ1n) is 5.63. The predicted molar refractivity (Wildman–Crippen MR) is 67.3 cm³/mol. The normalized spacial score (nSPS) is 11.4. The van der Waals surface area contributed by atoms with E-state index in [0.29, 0.717) is 5.56 Å². The molecule has 0 aliphatic heterocycles. The number of carbonyl (C=O) groups is 1. The minimum Gasteiger partial charge on any atom is -0.295 e. The fourth-order valence-electron chi connectivity index (χ4n) is 1.99. The maximum Gasteiger partial charge on any atom is 0.328 e. The fraction of sp³-hybridized carbons (Fsp3) is 0.385. The Kier molecular flexibility index (Phi) is 2.65. The molecule has 90 valence electrons. The van der Waals surface area contributed by atoms with Crippen molar-refractivity contribution in [2.24, 2.45) is 20.0 Å². The molecule has 0 N–H and O–H groups in total. The van der Waals surface area contributed by atoms with Crippen LogP contribution in [0.2, 0.25) is 0 Å². The Morgan fingerprint density at radius 2 is 1.71 bits per heavy atom. The molecule has 1 aromatic heterocycles. The van der Waals surface area contributed by atoms with Crippen molar-refractivity contribution in [2.75, 3.05) is 0 Å². The van der Waals surface area contributed by atoms with Gasteiger partial charge in [-0.15, -0.1) is 0 Å². The van der Waals surface area contributed by atoms with Crippen molar-refractivity contribution in [3.63, 3.8) is 0 Å². The van der Waals surface area contributed by atoms with Crippen molar-refractivity contribution in [2.45, 2.75) is 13.8 Å². The van der Waals surface area contributed by atoms with Gasteiger partial charge in [0.25, 0.3) is 0 Å². The van der Waals surface area contributed by atoms with E-state index in [2.05, 4.69) is 0 Å². The first kappa shape index (κ1) is 11.6. The molecule has 0 amide bonds. The molecule has 0 unspecified atom stereocenters. The summed E-state index contributed by atoms with van der Waals surface area (Å²) in [5.41, 5.74) is 2.23. The molecular weight excluding hydrogens is 216 g/mol. The zero-order chi connectivity index (χ0) is 12.7. The molecule has 1 aromatic carbocycles. The lowest BCUT2D eigenvalue weighted by molar-refractivity contribution is 0.0939. The zero-order valence-electron chi connectivity index (χ0n) is 10.5. The fourth-order valence-corrected chi connectivity index (χ4v) is 1.99. The van der Waals surface area contributed by atoms with Crippen LogP contribution in [-0.4, -0.2) is 14.9 Å². The Morgan fingerprint density at radius 3 is 2.29 bits per heavy atom. The number of nitrogens with zero attached hydrogens (tertiary/aromatic N) is 2. The average Bonchev–Trinajstić information content (AvgIpc) is 2.53. The Morgan fingerprint density at radius 1 is 1.12 bits per heavy atom. The van der Waals surface area contributed by atoms with Crippen molar-refractivity contribution >= 4 is 16.8 Å². The lowest BCUT2D eigenvalue weighted by Crippen LogP contribution is -2.19. The Labute approximate surface area is 99.5 Å². The average molecular weight is 232 g/mol. The molecule has 0 spiro atoms. The largest absolute Gasteiger partial charge is 0.328 e. The van der Waals surface area contributed by atoms with Crippen molar-refractivity contribution in [1.82, 2.24) is 9.13 Å². The molecule has 0 aliphatic carbocycles. The number of hydrogen-bond donors (Lipinski definition) is 0. The number of imidazole rings is 1. The smallest absolute Gasteiger partial charge is 0.295 e. The Hall–Kier alpha value is -1.84. The second-order valence-electron chi connectivity index (χ2n) is 4.62. The van der Waals surface area contributed by atoms with Gasteiger partial charge in [0.1, 0.15) is 0 Å². The first-order chi connectivity index (χ1) is 7.93. The second kappa shape index (κ2) is 3.87. The van der Waals surface area contributed by atoms with Gasteiger partial charge >= 0.3 is 5.69 Å². The lowest BCUT2D eigenvalue weighted by Gasteiger charge is -2.04. The van der Waals surface area contributed by atoms with E-state index < -0.39 is 0 Å². The third-order valence-electron chi connectivity index (χ3n) is 3.08. The van der Waals surface area contributed by atoms with Crippen LogP contribution in [0.3, 0.4) is 0 Å². The molecule has 0 saturated heterocycles. The van der Waals surface area contributed by atoms with Crippen LogP contribution in [0.25, 0.3) is 11.0 Å². The van der Waals surface area contributed by atoms with E-state index in [0.717, 1.165) is 11.0 Å². The molecule has 0 saturated carbocycles. The SMILES string of the molecule is CC(C)C(=O)c1ccc2c(c1)n(C)c(=O)n2C. The molecule has 17 heavy (non-hydrogen) atoms. The van der Waals surface area contributed by atoms with Crippen LogP contribution in [0.5, 0.6) is 0 Å². The number of aryl methyl sites for hydroxylation is 2. The van der Waals surface area contributed by atoms with Crippen molar-refractivity contribution in [3.05, 3.63) is 34.2 Å². The summed E-state index contributed by atoms with van der Waals surface area (Å²) in [6, 6.07) is 5.40. The van der Waals surface area contributed by atoms with E-state index >= 15 is 0 Å². The zero-order valence-corrected chi connectivity index (χ0v) is 10.5. The minimum absolute atomic E-state index is 0.0341. The molecule has 2 rings (SSSR count). The maximum atomic E-state index is 11.9. The Balaban J connectivity index is 2.71. The maximum absolute atomic E-state index is 11.9. The quantitative estimate of drug-likeness (QED) is 0.740. The van der Waals surface area contributed by atoms with E-state index in [-0.39, 0.29) is 17.4 Å². The number of ketones is 1. The molecule has 4 nitrogen and oxygen atoms in total. The van der Waals surface area contributed by atoms with Crippen LogP contribution in [0.1, 0.15) is 24.2 Å². The summed E-state index contributed by atoms with van der Waals surface area (Å²) in [5.74, 6) is 0.0661. The molecule has 0 fully saturated rings. The van der Waals surface area contributed by atoms with Gasteiger partial charge in [0, 0.05) is 25.6 Å². The first-order valence-corrected chi connectivity index (χ1v) is 5.63. The molecule has 1 heterocycles. The summed E-state index contributed by atoms with van der Waals surface area (Å²) in [6.45, 7) is 3.74. The monoisotopic (exact) mass is 232 g/mol. The van der Waals surface area contributed by atoms with Gasteiger partial charge < -0.3 is 0 Å². The van der Waals surface area contributed by atoms with Gasteiger partial charge in [-0.2, -0.15) is 0 Å². The van der Waals surface area contributed by atoms with Gasteiger partial charge in [-0.3, -0.25) is 13.9 Å². The molecule has 0 atom stereocenters. The third-order valence-corrected chi connectivity index (χ3v) is 3.08. The van der Waals surface area contributed by atoms with Crippen LogP contribution in [0, 0.1) is 5.92 Å². The van der Waals surface area contributed by atoms with Crippen LogP contribution in [0.4, 0.5) is 0 Å². The number of aromatic nitrogens is 2. The molecule has 0 bridgehead atoms. The lowest BCUT2D eigenvalue weighted by atomic mass is 10.0. The van der Waals surface area contributed by atoms with Crippen molar-refractivity contribution in [3.8, 4) is 0 Å². The van der Waals surface area contributed by atoms with Gasteiger partial charge in [0.2, 0.25) is 0 Å². The van der Waals surface area contributed by atoms with Crippen LogP contribution >= 0.6 is 0 Å².